The van der Waals surface area contributed by atoms with Gasteiger partial charge in [-0.2, -0.15) is 0 Å². The number of benzene rings is 3. The number of rotatable bonds is 10. The number of carbonyl (C=O) groups is 1. The summed E-state index contributed by atoms with van der Waals surface area (Å²) in [5, 5.41) is 3.91. The van der Waals surface area contributed by atoms with Gasteiger partial charge in [-0.25, -0.2) is 8.42 Å². The summed E-state index contributed by atoms with van der Waals surface area (Å²) in [5.74, 6) is 0.423. The molecule has 0 spiro atoms. The molecule has 0 aromatic heterocycles. The van der Waals surface area contributed by atoms with Crippen LogP contribution in [0.25, 0.3) is 0 Å². The zero-order chi connectivity index (χ0) is 23.8. The third-order valence-corrected chi connectivity index (χ3v) is 8.14. The standard InChI is InChI=1S/C24H24Cl2N2O3S2/c1-18-8-9-20(26)16-23(18)28(33(30,31)22-6-3-2-4-7-22)17-24(29)27-14-5-15-32-21-12-10-19(25)11-13-21/h2-4,6-13,16H,5,14-15,17H2,1H3,(H,27,29). The Hall–Kier alpha value is -2.19. The van der Waals surface area contributed by atoms with Crippen LogP contribution >= 0.6 is 35.0 Å². The van der Waals surface area contributed by atoms with Crippen molar-refractivity contribution in [2.45, 2.75) is 23.1 Å². The highest BCUT2D eigenvalue weighted by molar-refractivity contribution is 7.99. The molecule has 5 nitrogen and oxygen atoms in total. The van der Waals surface area contributed by atoms with E-state index in [2.05, 4.69) is 5.32 Å². The third-order valence-electron chi connectivity index (χ3n) is 4.78. The van der Waals surface area contributed by atoms with E-state index in [0.717, 1.165) is 21.4 Å². The van der Waals surface area contributed by atoms with Crippen LogP contribution in [-0.4, -0.2) is 33.2 Å². The zero-order valence-corrected chi connectivity index (χ0v) is 21.1. The molecule has 0 saturated carbocycles. The predicted octanol–water partition coefficient (Wildman–Crippen LogP) is 5.80. The number of amides is 1. The normalized spacial score (nSPS) is 11.2. The fourth-order valence-corrected chi connectivity index (χ4v) is 5.72. The first-order valence-corrected chi connectivity index (χ1v) is 13.4. The SMILES string of the molecule is Cc1ccc(Cl)cc1N(CC(=O)NCCCSc1ccc(Cl)cc1)S(=O)(=O)c1ccccc1. The lowest BCUT2D eigenvalue weighted by molar-refractivity contribution is -0.119. The summed E-state index contributed by atoms with van der Waals surface area (Å²) < 4.78 is 27.9. The van der Waals surface area contributed by atoms with E-state index in [0.29, 0.717) is 27.8 Å². The lowest BCUT2D eigenvalue weighted by Crippen LogP contribution is -2.41. The molecule has 0 radical (unpaired) electrons. The van der Waals surface area contributed by atoms with Crippen molar-refractivity contribution >= 4 is 56.6 Å². The van der Waals surface area contributed by atoms with Gasteiger partial charge in [0.2, 0.25) is 5.91 Å². The van der Waals surface area contributed by atoms with Crippen LogP contribution in [-0.2, 0) is 14.8 Å². The van der Waals surface area contributed by atoms with Gasteiger partial charge in [0.25, 0.3) is 10.0 Å². The van der Waals surface area contributed by atoms with E-state index in [1.165, 1.54) is 12.1 Å². The molecule has 33 heavy (non-hydrogen) atoms. The molecule has 3 rings (SSSR count). The Morgan fingerprint density at radius 3 is 2.33 bits per heavy atom. The van der Waals surface area contributed by atoms with Crippen molar-refractivity contribution in [1.29, 1.82) is 0 Å². The minimum Gasteiger partial charge on any atom is -0.354 e. The predicted molar refractivity (Wildman–Crippen MR) is 137 cm³/mol. The Morgan fingerprint density at radius 2 is 1.64 bits per heavy atom. The average molecular weight is 524 g/mol. The third kappa shape index (κ3) is 7.14. The van der Waals surface area contributed by atoms with Crippen molar-refractivity contribution in [3.63, 3.8) is 0 Å². The molecule has 1 N–H and O–H groups in total. The van der Waals surface area contributed by atoms with Gasteiger partial charge >= 0.3 is 0 Å². The first kappa shape index (κ1) is 25.4. The lowest BCUT2D eigenvalue weighted by Gasteiger charge is -2.25. The van der Waals surface area contributed by atoms with Gasteiger partial charge in [-0.05, 0) is 73.2 Å². The summed E-state index contributed by atoms with van der Waals surface area (Å²) in [5.41, 5.74) is 1.07. The van der Waals surface area contributed by atoms with Crippen LogP contribution in [0.4, 0.5) is 5.69 Å². The van der Waals surface area contributed by atoms with Crippen molar-refractivity contribution in [3.8, 4) is 0 Å². The molecule has 3 aromatic rings. The fourth-order valence-electron chi connectivity index (χ4n) is 3.08. The largest absolute Gasteiger partial charge is 0.354 e. The molecule has 0 heterocycles. The van der Waals surface area contributed by atoms with Gasteiger partial charge in [-0.15, -0.1) is 11.8 Å². The van der Waals surface area contributed by atoms with Gasteiger partial charge in [-0.1, -0.05) is 47.5 Å². The second kappa shape index (κ2) is 11.8. The molecule has 0 aliphatic heterocycles. The summed E-state index contributed by atoms with van der Waals surface area (Å²) >= 11 is 13.7. The molecule has 0 bridgehead atoms. The molecule has 9 heteroatoms. The maximum atomic E-state index is 13.4. The minimum absolute atomic E-state index is 0.108. The quantitative estimate of drug-likeness (QED) is 0.270. The summed E-state index contributed by atoms with van der Waals surface area (Å²) in [4.78, 5) is 13.9. The molecule has 3 aromatic carbocycles. The number of anilines is 1. The van der Waals surface area contributed by atoms with E-state index in [4.69, 9.17) is 23.2 Å². The van der Waals surface area contributed by atoms with E-state index in [-0.39, 0.29) is 17.3 Å². The van der Waals surface area contributed by atoms with E-state index < -0.39 is 10.0 Å². The highest BCUT2D eigenvalue weighted by Gasteiger charge is 2.28. The molecule has 0 aliphatic carbocycles. The van der Waals surface area contributed by atoms with Crippen LogP contribution in [0.15, 0.2) is 82.6 Å². The number of hydrogen-bond acceptors (Lipinski definition) is 4. The number of thioether (sulfide) groups is 1. The summed E-state index contributed by atoms with van der Waals surface area (Å²) in [6.45, 7) is 1.88. The highest BCUT2D eigenvalue weighted by Crippen LogP contribution is 2.29. The Balaban J connectivity index is 1.66. The molecule has 0 unspecified atom stereocenters. The summed E-state index contributed by atoms with van der Waals surface area (Å²) in [7, 11) is -3.96. The topological polar surface area (TPSA) is 66.5 Å². The first-order valence-electron chi connectivity index (χ1n) is 10.3. The Kier molecular flexibility index (Phi) is 9.09. The van der Waals surface area contributed by atoms with Crippen LogP contribution in [0.5, 0.6) is 0 Å². The van der Waals surface area contributed by atoms with Gasteiger partial charge in [0.1, 0.15) is 6.54 Å². The molecule has 0 fully saturated rings. The number of nitrogens with zero attached hydrogens (tertiary/aromatic N) is 1. The summed E-state index contributed by atoms with van der Waals surface area (Å²) in [6, 6.07) is 20.6. The second-order valence-electron chi connectivity index (χ2n) is 7.26. The van der Waals surface area contributed by atoms with E-state index in [1.54, 1.807) is 55.1 Å². The fraction of sp³-hybridized carbons (Fsp3) is 0.208. The van der Waals surface area contributed by atoms with Crippen LogP contribution in [0.2, 0.25) is 10.0 Å². The molecular weight excluding hydrogens is 499 g/mol. The van der Waals surface area contributed by atoms with Crippen LogP contribution in [0.1, 0.15) is 12.0 Å². The van der Waals surface area contributed by atoms with E-state index in [1.807, 2.05) is 24.3 Å². The number of sulfonamides is 1. The van der Waals surface area contributed by atoms with E-state index >= 15 is 0 Å². The van der Waals surface area contributed by atoms with Gasteiger partial charge in [0.15, 0.2) is 0 Å². The maximum Gasteiger partial charge on any atom is 0.264 e. The van der Waals surface area contributed by atoms with Gasteiger partial charge < -0.3 is 5.32 Å². The molecule has 0 saturated heterocycles. The maximum absolute atomic E-state index is 13.4. The minimum atomic E-state index is -3.96. The van der Waals surface area contributed by atoms with Crippen LogP contribution in [0, 0.1) is 6.92 Å². The average Bonchev–Trinajstić information content (AvgIpc) is 2.80. The second-order valence-corrected chi connectivity index (χ2v) is 11.2. The van der Waals surface area contributed by atoms with Gasteiger partial charge in [0, 0.05) is 21.5 Å². The molecule has 0 atom stereocenters. The number of carbonyl (C=O) groups excluding carboxylic acids is 1. The van der Waals surface area contributed by atoms with Crippen molar-refractivity contribution in [1.82, 2.24) is 5.32 Å². The lowest BCUT2D eigenvalue weighted by atomic mass is 10.2. The summed E-state index contributed by atoms with van der Waals surface area (Å²) in [6.07, 6.45) is 0.737. The van der Waals surface area contributed by atoms with Crippen molar-refractivity contribution in [2.75, 3.05) is 23.1 Å². The van der Waals surface area contributed by atoms with Gasteiger partial charge in [-0.3, -0.25) is 9.10 Å². The Morgan fingerprint density at radius 1 is 0.970 bits per heavy atom. The zero-order valence-electron chi connectivity index (χ0n) is 18.0. The van der Waals surface area contributed by atoms with Crippen molar-refractivity contribution in [2.24, 2.45) is 0 Å². The monoisotopic (exact) mass is 522 g/mol. The van der Waals surface area contributed by atoms with Gasteiger partial charge in [0.05, 0.1) is 10.6 Å². The smallest absolute Gasteiger partial charge is 0.264 e. The molecular formula is C24H24Cl2N2O3S2. The molecule has 0 aliphatic rings. The van der Waals surface area contributed by atoms with E-state index in [9.17, 15) is 13.2 Å². The van der Waals surface area contributed by atoms with Crippen LogP contribution < -0.4 is 9.62 Å². The number of aryl methyl sites for hydroxylation is 1. The highest BCUT2D eigenvalue weighted by atomic mass is 35.5. The van der Waals surface area contributed by atoms with Crippen LogP contribution in [0.3, 0.4) is 0 Å². The Bertz CT molecular complexity index is 1190. The van der Waals surface area contributed by atoms with Crippen molar-refractivity contribution in [3.05, 3.63) is 88.4 Å². The molecule has 174 valence electrons. The molecule has 1 amide bonds. The Labute approximate surface area is 209 Å². The van der Waals surface area contributed by atoms with Crippen molar-refractivity contribution < 1.29 is 13.2 Å². The number of halogens is 2. The first-order chi connectivity index (χ1) is 15.8. The number of nitrogens with one attached hydrogen (secondary N) is 1. The number of hydrogen-bond donors (Lipinski definition) is 1.